The fourth-order valence-corrected chi connectivity index (χ4v) is 1.13. The van der Waals surface area contributed by atoms with Gasteiger partial charge in [0, 0.05) is 0 Å². The van der Waals surface area contributed by atoms with E-state index in [0.717, 1.165) is 0 Å². The third kappa shape index (κ3) is 1.26. The molecule has 10 heavy (non-hydrogen) atoms. The van der Waals surface area contributed by atoms with Gasteiger partial charge in [-0.2, -0.15) is 0 Å². The van der Waals surface area contributed by atoms with Crippen LogP contribution in [0.2, 0.25) is 0 Å². The van der Waals surface area contributed by atoms with Crippen molar-refractivity contribution < 1.29 is 4.79 Å². The number of nitrogens with one attached hydrogen (secondary N) is 2. The highest BCUT2D eigenvalue weighted by Crippen LogP contribution is 2.04. The molecule has 1 fully saturated rings. The number of hydrogen-bond acceptors (Lipinski definition) is 2. The van der Waals surface area contributed by atoms with E-state index in [4.69, 9.17) is 12.2 Å². The molecule has 0 aromatic rings. The molecule has 0 unspecified atom stereocenters. The predicted octanol–water partition coefficient (Wildman–Crippen LogP) is 0.0153. The number of carbonyl (C=O) groups excluding carboxylic acids is 1. The Morgan fingerprint density at radius 1 is 1.60 bits per heavy atom. The van der Waals surface area contributed by atoms with E-state index >= 15 is 0 Å². The van der Waals surface area contributed by atoms with Crippen molar-refractivity contribution in [3.05, 3.63) is 0 Å². The second kappa shape index (κ2) is 2.54. The minimum absolute atomic E-state index is 0.0139. The van der Waals surface area contributed by atoms with Crippen LogP contribution in [0.4, 0.5) is 0 Å². The molecule has 1 rings (SSSR count). The van der Waals surface area contributed by atoms with E-state index < -0.39 is 0 Å². The smallest absolute Gasteiger partial charge is 0.248 e. The minimum Gasteiger partial charge on any atom is -0.350 e. The molecule has 0 radical (unpaired) electrons. The molecular formula is C6H10N2OS. The average Bonchev–Trinajstić information content (AvgIpc) is 2.10. The molecule has 0 saturated carbocycles. The van der Waals surface area contributed by atoms with Crippen molar-refractivity contribution in [1.82, 2.24) is 10.6 Å². The van der Waals surface area contributed by atoms with Crippen molar-refractivity contribution in [3.8, 4) is 0 Å². The van der Waals surface area contributed by atoms with Gasteiger partial charge in [-0.1, -0.05) is 13.8 Å². The van der Waals surface area contributed by atoms with Gasteiger partial charge in [-0.15, -0.1) is 0 Å². The van der Waals surface area contributed by atoms with Crippen LogP contribution in [0.3, 0.4) is 0 Å². The fourth-order valence-electron chi connectivity index (χ4n) is 0.902. The molecule has 56 valence electrons. The second-order valence-corrected chi connectivity index (χ2v) is 3.09. The molecule has 0 spiro atoms. The zero-order valence-electron chi connectivity index (χ0n) is 5.97. The molecule has 1 heterocycles. The molecule has 0 aromatic carbocycles. The normalized spacial score (nSPS) is 24.9. The van der Waals surface area contributed by atoms with E-state index in [9.17, 15) is 4.79 Å². The first-order valence-electron chi connectivity index (χ1n) is 3.22. The molecule has 3 nitrogen and oxygen atoms in total. The first kappa shape index (κ1) is 7.47. The van der Waals surface area contributed by atoms with Gasteiger partial charge in [0.25, 0.3) is 0 Å². The summed E-state index contributed by atoms with van der Waals surface area (Å²) in [7, 11) is 0. The quantitative estimate of drug-likeness (QED) is 0.528. The number of carbonyl (C=O) groups is 1. The Bertz CT molecular complexity index is 179. The van der Waals surface area contributed by atoms with Gasteiger partial charge in [0.15, 0.2) is 5.11 Å². The van der Waals surface area contributed by atoms with Gasteiger partial charge in [0.2, 0.25) is 5.91 Å². The van der Waals surface area contributed by atoms with Gasteiger partial charge in [-0.3, -0.25) is 4.79 Å². The van der Waals surface area contributed by atoms with E-state index in [1.807, 2.05) is 13.8 Å². The molecular weight excluding hydrogens is 148 g/mol. The maximum Gasteiger partial charge on any atom is 0.248 e. The lowest BCUT2D eigenvalue weighted by Crippen LogP contribution is -2.33. The maximum atomic E-state index is 11.0. The molecule has 4 heteroatoms. The van der Waals surface area contributed by atoms with E-state index in [0.29, 0.717) is 11.0 Å². The minimum atomic E-state index is -0.132. The Hall–Kier alpha value is -0.640. The lowest BCUT2D eigenvalue weighted by atomic mass is 10.1. The monoisotopic (exact) mass is 158 g/mol. The van der Waals surface area contributed by atoms with E-state index in [-0.39, 0.29) is 11.9 Å². The zero-order valence-corrected chi connectivity index (χ0v) is 6.79. The molecule has 0 aromatic heterocycles. The van der Waals surface area contributed by atoms with Crippen LogP contribution in [0.1, 0.15) is 13.8 Å². The molecule has 1 amide bonds. The zero-order chi connectivity index (χ0) is 7.72. The molecule has 0 bridgehead atoms. The van der Waals surface area contributed by atoms with Gasteiger partial charge >= 0.3 is 0 Å². The Kier molecular flexibility index (Phi) is 1.89. The summed E-state index contributed by atoms with van der Waals surface area (Å²) in [4.78, 5) is 11.0. The Labute approximate surface area is 65.2 Å². The largest absolute Gasteiger partial charge is 0.350 e. The molecule has 2 N–H and O–H groups in total. The Balaban J connectivity index is 2.63. The van der Waals surface area contributed by atoms with Crippen LogP contribution in [-0.4, -0.2) is 17.1 Å². The van der Waals surface area contributed by atoms with Crippen molar-refractivity contribution in [2.45, 2.75) is 19.9 Å². The highest BCUT2D eigenvalue weighted by atomic mass is 32.1. The van der Waals surface area contributed by atoms with Crippen molar-refractivity contribution in [1.29, 1.82) is 0 Å². The SMILES string of the molecule is CC(C)[C@@H]1NC(=S)NC1=O. The van der Waals surface area contributed by atoms with Gasteiger partial charge in [-0.25, -0.2) is 0 Å². The molecule has 1 aliphatic rings. The molecule has 1 aliphatic heterocycles. The van der Waals surface area contributed by atoms with Gasteiger partial charge < -0.3 is 10.6 Å². The van der Waals surface area contributed by atoms with Crippen LogP contribution >= 0.6 is 12.2 Å². The number of hydrogen-bond donors (Lipinski definition) is 2. The summed E-state index contributed by atoms with van der Waals surface area (Å²) in [6.45, 7) is 3.95. The first-order chi connectivity index (χ1) is 4.61. The summed E-state index contributed by atoms with van der Waals surface area (Å²) in [6, 6.07) is -0.132. The van der Waals surface area contributed by atoms with Crippen molar-refractivity contribution in [2.75, 3.05) is 0 Å². The van der Waals surface area contributed by atoms with Crippen molar-refractivity contribution in [2.24, 2.45) is 5.92 Å². The average molecular weight is 158 g/mol. The summed E-state index contributed by atoms with van der Waals surface area (Å²) in [5.41, 5.74) is 0. The fraction of sp³-hybridized carbons (Fsp3) is 0.667. The summed E-state index contributed by atoms with van der Waals surface area (Å²) in [5.74, 6) is 0.278. The number of rotatable bonds is 1. The van der Waals surface area contributed by atoms with Crippen LogP contribution in [0.25, 0.3) is 0 Å². The third-order valence-electron chi connectivity index (χ3n) is 1.47. The highest BCUT2D eigenvalue weighted by molar-refractivity contribution is 7.80. The van der Waals surface area contributed by atoms with Crippen molar-refractivity contribution in [3.63, 3.8) is 0 Å². The van der Waals surface area contributed by atoms with Crippen LogP contribution in [0.5, 0.6) is 0 Å². The van der Waals surface area contributed by atoms with Crippen LogP contribution in [0, 0.1) is 5.92 Å². The second-order valence-electron chi connectivity index (χ2n) is 2.68. The van der Waals surface area contributed by atoms with Crippen LogP contribution < -0.4 is 10.6 Å². The number of thiocarbonyl (C=S) groups is 1. The summed E-state index contributed by atoms with van der Waals surface area (Å²) in [6.07, 6.45) is 0. The standard InChI is InChI=1S/C6H10N2OS/c1-3(2)4-5(9)8-6(10)7-4/h3-4H,1-2H3,(H2,7,8,9,10)/t4-/m0/s1. The number of amides is 1. The predicted molar refractivity (Wildman–Crippen MR) is 42.5 cm³/mol. The topological polar surface area (TPSA) is 41.1 Å². The third-order valence-corrected chi connectivity index (χ3v) is 1.69. The van der Waals surface area contributed by atoms with Gasteiger partial charge in [0.1, 0.15) is 6.04 Å². The first-order valence-corrected chi connectivity index (χ1v) is 3.63. The van der Waals surface area contributed by atoms with Gasteiger partial charge in [0.05, 0.1) is 0 Å². The van der Waals surface area contributed by atoms with Crippen LogP contribution in [-0.2, 0) is 4.79 Å². The maximum absolute atomic E-state index is 11.0. The van der Waals surface area contributed by atoms with E-state index in [2.05, 4.69) is 10.6 Å². The summed E-state index contributed by atoms with van der Waals surface area (Å²) >= 11 is 4.75. The Morgan fingerprint density at radius 2 is 2.20 bits per heavy atom. The summed E-state index contributed by atoms with van der Waals surface area (Å²) < 4.78 is 0. The summed E-state index contributed by atoms with van der Waals surface area (Å²) in [5, 5.41) is 5.85. The molecule has 0 aliphatic carbocycles. The van der Waals surface area contributed by atoms with Crippen molar-refractivity contribution >= 4 is 23.2 Å². The van der Waals surface area contributed by atoms with E-state index in [1.54, 1.807) is 0 Å². The molecule has 1 atom stereocenters. The highest BCUT2D eigenvalue weighted by Gasteiger charge is 2.29. The molecule has 1 saturated heterocycles. The van der Waals surface area contributed by atoms with Crippen LogP contribution in [0.15, 0.2) is 0 Å². The van der Waals surface area contributed by atoms with Gasteiger partial charge in [-0.05, 0) is 18.1 Å². The lowest BCUT2D eigenvalue weighted by molar-refractivity contribution is -0.120. The lowest BCUT2D eigenvalue weighted by Gasteiger charge is -2.10. The van der Waals surface area contributed by atoms with E-state index in [1.165, 1.54) is 0 Å². The Morgan fingerprint density at radius 3 is 2.40 bits per heavy atom.